The SMILES string of the molecule is CCOC(C1CC1)C(NC)c1c(F)cccc1F. The van der Waals surface area contributed by atoms with Crippen molar-refractivity contribution in [1.29, 1.82) is 0 Å². The summed E-state index contributed by atoms with van der Waals surface area (Å²) in [6, 6.07) is 3.53. The topological polar surface area (TPSA) is 21.3 Å². The fourth-order valence-electron chi connectivity index (χ4n) is 2.40. The zero-order valence-corrected chi connectivity index (χ0v) is 10.7. The molecule has 2 rings (SSSR count). The molecular weight excluding hydrogens is 236 g/mol. The van der Waals surface area contributed by atoms with E-state index < -0.39 is 17.7 Å². The van der Waals surface area contributed by atoms with Crippen molar-refractivity contribution in [2.45, 2.75) is 31.9 Å². The highest BCUT2D eigenvalue weighted by Gasteiger charge is 2.39. The maximum Gasteiger partial charge on any atom is 0.131 e. The predicted molar refractivity (Wildman–Crippen MR) is 66.3 cm³/mol. The zero-order valence-electron chi connectivity index (χ0n) is 10.7. The van der Waals surface area contributed by atoms with Gasteiger partial charge in [0.2, 0.25) is 0 Å². The van der Waals surface area contributed by atoms with Crippen molar-refractivity contribution in [3.05, 3.63) is 35.4 Å². The van der Waals surface area contributed by atoms with Gasteiger partial charge in [0, 0.05) is 12.2 Å². The van der Waals surface area contributed by atoms with Crippen LogP contribution in [-0.2, 0) is 4.74 Å². The minimum absolute atomic E-state index is 0.0883. The highest BCUT2D eigenvalue weighted by molar-refractivity contribution is 5.25. The fraction of sp³-hybridized carbons (Fsp3) is 0.571. The van der Waals surface area contributed by atoms with Gasteiger partial charge in [-0.25, -0.2) is 8.78 Å². The summed E-state index contributed by atoms with van der Waals surface area (Å²) in [5.41, 5.74) is 0.0883. The van der Waals surface area contributed by atoms with E-state index in [1.54, 1.807) is 7.05 Å². The molecule has 2 nitrogen and oxygen atoms in total. The minimum Gasteiger partial charge on any atom is -0.376 e. The Labute approximate surface area is 106 Å². The van der Waals surface area contributed by atoms with Crippen LogP contribution >= 0.6 is 0 Å². The van der Waals surface area contributed by atoms with Crippen LogP contribution in [-0.4, -0.2) is 19.8 Å². The van der Waals surface area contributed by atoms with Gasteiger partial charge in [-0.3, -0.25) is 0 Å². The number of benzene rings is 1. The van der Waals surface area contributed by atoms with E-state index in [-0.39, 0.29) is 11.7 Å². The molecule has 2 atom stereocenters. The quantitative estimate of drug-likeness (QED) is 0.843. The Morgan fingerprint density at radius 2 is 1.94 bits per heavy atom. The average molecular weight is 255 g/mol. The monoisotopic (exact) mass is 255 g/mol. The molecule has 1 aromatic carbocycles. The highest BCUT2D eigenvalue weighted by atomic mass is 19.1. The summed E-state index contributed by atoms with van der Waals surface area (Å²) < 4.78 is 33.4. The van der Waals surface area contributed by atoms with E-state index in [1.165, 1.54) is 18.2 Å². The summed E-state index contributed by atoms with van der Waals surface area (Å²) in [5.74, 6) is -0.624. The average Bonchev–Trinajstić information content (AvgIpc) is 3.16. The molecule has 0 saturated heterocycles. The lowest BCUT2D eigenvalue weighted by atomic mass is 9.97. The molecule has 1 fully saturated rings. The second kappa shape index (κ2) is 5.76. The van der Waals surface area contributed by atoms with Gasteiger partial charge in [0.25, 0.3) is 0 Å². The number of likely N-dealkylation sites (N-methyl/N-ethyl adjacent to an activating group) is 1. The van der Waals surface area contributed by atoms with E-state index in [4.69, 9.17) is 4.74 Å². The smallest absolute Gasteiger partial charge is 0.131 e. The Morgan fingerprint density at radius 1 is 1.33 bits per heavy atom. The van der Waals surface area contributed by atoms with Gasteiger partial charge in [0.1, 0.15) is 11.6 Å². The second-order valence-electron chi connectivity index (χ2n) is 4.66. The van der Waals surface area contributed by atoms with E-state index >= 15 is 0 Å². The molecule has 0 bridgehead atoms. The molecule has 0 spiro atoms. The van der Waals surface area contributed by atoms with Crippen molar-refractivity contribution < 1.29 is 13.5 Å². The standard InChI is InChI=1S/C14H19F2NO/c1-3-18-14(9-7-8-9)13(17-2)12-10(15)5-4-6-11(12)16/h4-6,9,13-14,17H,3,7-8H2,1-2H3. The summed E-state index contributed by atoms with van der Waals surface area (Å²) in [6.07, 6.45) is 1.98. The van der Waals surface area contributed by atoms with Crippen molar-refractivity contribution in [2.75, 3.05) is 13.7 Å². The minimum atomic E-state index is -0.514. The molecule has 0 radical (unpaired) electrons. The third-order valence-electron chi connectivity index (χ3n) is 3.40. The maximum absolute atomic E-state index is 13.8. The van der Waals surface area contributed by atoms with Crippen molar-refractivity contribution in [3.63, 3.8) is 0 Å². The van der Waals surface area contributed by atoms with E-state index in [0.29, 0.717) is 12.5 Å². The number of ether oxygens (including phenoxy) is 1. The Kier molecular flexibility index (Phi) is 4.30. The fourth-order valence-corrected chi connectivity index (χ4v) is 2.40. The molecule has 4 heteroatoms. The Morgan fingerprint density at radius 3 is 2.39 bits per heavy atom. The molecule has 1 saturated carbocycles. The van der Waals surface area contributed by atoms with Crippen LogP contribution in [0.1, 0.15) is 31.4 Å². The summed E-state index contributed by atoms with van der Waals surface area (Å²) in [7, 11) is 1.71. The van der Waals surface area contributed by atoms with E-state index in [0.717, 1.165) is 12.8 Å². The number of hydrogen-bond donors (Lipinski definition) is 1. The van der Waals surface area contributed by atoms with Crippen LogP contribution < -0.4 is 5.32 Å². The molecule has 1 N–H and O–H groups in total. The molecule has 0 aliphatic heterocycles. The highest BCUT2D eigenvalue weighted by Crippen LogP contribution is 2.40. The number of nitrogens with one attached hydrogen (secondary N) is 1. The molecule has 1 aliphatic rings. The zero-order chi connectivity index (χ0) is 13.1. The Bertz CT molecular complexity index is 387. The first-order valence-electron chi connectivity index (χ1n) is 6.41. The molecule has 0 amide bonds. The van der Waals surface area contributed by atoms with Crippen LogP contribution in [0.4, 0.5) is 8.78 Å². The molecule has 2 unspecified atom stereocenters. The lowest BCUT2D eigenvalue weighted by molar-refractivity contribution is 0.0187. The lowest BCUT2D eigenvalue weighted by Gasteiger charge is -2.27. The van der Waals surface area contributed by atoms with E-state index in [9.17, 15) is 8.78 Å². The maximum atomic E-state index is 13.8. The van der Waals surface area contributed by atoms with Gasteiger partial charge < -0.3 is 10.1 Å². The number of rotatable bonds is 6. The molecule has 1 aromatic rings. The third kappa shape index (κ3) is 2.70. The molecule has 18 heavy (non-hydrogen) atoms. The third-order valence-corrected chi connectivity index (χ3v) is 3.40. The van der Waals surface area contributed by atoms with E-state index in [2.05, 4.69) is 5.32 Å². The molecule has 100 valence electrons. The normalized spacial score (nSPS) is 18.7. The molecule has 0 aromatic heterocycles. The summed E-state index contributed by atoms with van der Waals surface area (Å²) in [5, 5.41) is 3.00. The Hall–Kier alpha value is -1.00. The summed E-state index contributed by atoms with van der Waals surface area (Å²) in [4.78, 5) is 0. The van der Waals surface area contributed by atoms with Crippen molar-refractivity contribution in [2.24, 2.45) is 5.92 Å². The molecular formula is C14H19F2NO. The Balaban J connectivity index is 2.31. The van der Waals surface area contributed by atoms with Crippen LogP contribution in [0.25, 0.3) is 0 Å². The first kappa shape index (κ1) is 13.4. The van der Waals surface area contributed by atoms with E-state index in [1.807, 2.05) is 6.92 Å². The van der Waals surface area contributed by atoms with Crippen molar-refractivity contribution in [1.82, 2.24) is 5.32 Å². The predicted octanol–water partition coefficient (Wildman–Crippen LogP) is 3.04. The van der Waals surface area contributed by atoms with Crippen LogP contribution in [0, 0.1) is 17.6 Å². The van der Waals surface area contributed by atoms with Crippen molar-refractivity contribution >= 4 is 0 Å². The second-order valence-corrected chi connectivity index (χ2v) is 4.66. The van der Waals surface area contributed by atoms with Gasteiger partial charge in [-0.05, 0) is 44.9 Å². The van der Waals surface area contributed by atoms with Gasteiger partial charge in [-0.2, -0.15) is 0 Å². The first-order chi connectivity index (χ1) is 8.69. The van der Waals surface area contributed by atoms with Gasteiger partial charge in [-0.15, -0.1) is 0 Å². The van der Waals surface area contributed by atoms with Crippen LogP contribution in [0.3, 0.4) is 0 Å². The lowest BCUT2D eigenvalue weighted by Crippen LogP contribution is -2.34. The first-order valence-corrected chi connectivity index (χ1v) is 6.41. The van der Waals surface area contributed by atoms with Crippen LogP contribution in [0.15, 0.2) is 18.2 Å². The number of hydrogen-bond acceptors (Lipinski definition) is 2. The molecule has 0 heterocycles. The van der Waals surface area contributed by atoms with Gasteiger partial charge in [0.15, 0.2) is 0 Å². The molecule has 1 aliphatic carbocycles. The number of halogens is 2. The summed E-state index contributed by atoms with van der Waals surface area (Å²) >= 11 is 0. The van der Waals surface area contributed by atoms with Gasteiger partial charge >= 0.3 is 0 Å². The van der Waals surface area contributed by atoms with Gasteiger partial charge in [0.05, 0.1) is 12.1 Å². The van der Waals surface area contributed by atoms with Crippen LogP contribution in [0.5, 0.6) is 0 Å². The van der Waals surface area contributed by atoms with Crippen molar-refractivity contribution in [3.8, 4) is 0 Å². The van der Waals surface area contributed by atoms with Gasteiger partial charge in [-0.1, -0.05) is 6.07 Å². The largest absolute Gasteiger partial charge is 0.376 e. The van der Waals surface area contributed by atoms with Crippen LogP contribution in [0.2, 0.25) is 0 Å². The summed E-state index contributed by atoms with van der Waals surface area (Å²) in [6.45, 7) is 2.45.